The zero-order valence-corrected chi connectivity index (χ0v) is 8.03. The van der Waals surface area contributed by atoms with Crippen molar-refractivity contribution in [2.45, 2.75) is 6.92 Å². The minimum atomic E-state index is -0.642. The minimum absolute atomic E-state index is 0.0284. The van der Waals surface area contributed by atoms with Crippen LogP contribution >= 0.6 is 0 Å². The van der Waals surface area contributed by atoms with Crippen molar-refractivity contribution in [3.63, 3.8) is 0 Å². The summed E-state index contributed by atoms with van der Waals surface area (Å²) in [6.07, 6.45) is 2.37. The summed E-state index contributed by atoms with van der Waals surface area (Å²) in [4.78, 5) is 15.3. The van der Waals surface area contributed by atoms with Crippen LogP contribution in [0.25, 0.3) is 0 Å². The van der Waals surface area contributed by atoms with Gasteiger partial charge >= 0.3 is 0 Å². The molecule has 0 fully saturated rings. The first kappa shape index (κ1) is 9.58. The topological polar surface area (TPSA) is 43.1 Å². The van der Waals surface area contributed by atoms with E-state index in [1.165, 1.54) is 18.3 Å². The molecule has 2 rings (SSSR count). The maximum Gasteiger partial charge on any atom is 0.231 e. The van der Waals surface area contributed by atoms with Crippen LogP contribution in [-0.2, 0) is 0 Å². The highest BCUT2D eigenvalue weighted by atomic mass is 19.1. The SMILES string of the molecule is Cc1ccc(C(=O)c2ccncc2F)o1. The Morgan fingerprint density at radius 1 is 1.40 bits per heavy atom. The van der Waals surface area contributed by atoms with Gasteiger partial charge in [-0.25, -0.2) is 4.39 Å². The lowest BCUT2D eigenvalue weighted by Gasteiger charge is -1.98. The van der Waals surface area contributed by atoms with Crippen LogP contribution in [0.2, 0.25) is 0 Å². The molecule has 0 radical (unpaired) electrons. The van der Waals surface area contributed by atoms with E-state index < -0.39 is 11.6 Å². The van der Waals surface area contributed by atoms with Crippen LogP contribution in [0.3, 0.4) is 0 Å². The van der Waals surface area contributed by atoms with Gasteiger partial charge in [-0.05, 0) is 25.1 Å². The number of ketones is 1. The van der Waals surface area contributed by atoms with Crippen LogP contribution in [0.15, 0.2) is 35.0 Å². The van der Waals surface area contributed by atoms with Crippen LogP contribution in [0, 0.1) is 12.7 Å². The molecule has 2 aromatic rings. The molecule has 0 spiro atoms. The van der Waals surface area contributed by atoms with Gasteiger partial charge in [-0.1, -0.05) is 0 Å². The third-order valence-corrected chi connectivity index (χ3v) is 1.98. The molecule has 0 aromatic carbocycles. The number of carbonyl (C=O) groups excluding carboxylic acids is 1. The number of hydrogen-bond acceptors (Lipinski definition) is 3. The highest BCUT2D eigenvalue weighted by Crippen LogP contribution is 2.14. The normalized spacial score (nSPS) is 10.3. The summed E-state index contributed by atoms with van der Waals surface area (Å²) >= 11 is 0. The molecule has 0 N–H and O–H groups in total. The van der Waals surface area contributed by atoms with E-state index in [2.05, 4.69) is 4.98 Å². The summed E-state index contributed by atoms with van der Waals surface area (Å²) in [5.41, 5.74) is -0.0284. The first-order valence-corrected chi connectivity index (χ1v) is 4.39. The first-order valence-electron chi connectivity index (χ1n) is 4.39. The molecule has 0 saturated heterocycles. The van der Waals surface area contributed by atoms with Crippen LogP contribution in [0.1, 0.15) is 21.9 Å². The van der Waals surface area contributed by atoms with Crippen molar-refractivity contribution in [3.05, 3.63) is 53.5 Å². The van der Waals surface area contributed by atoms with E-state index >= 15 is 0 Å². The van der Waals surface area contributed by atoms with Gasteiger partial charge in [0.1, 0.15) is 5.76 Å². The fourth-order valence-electron chi connectivity index (χ4n) is 1.25. The Kier molecular flexibility index (Phi) is 2.33. The second-order valence-electron chi connectivity index (χ2n) is 3.09. The van der Waals surface area contributed by atoms with Crippen molar-refractivity contribution >= 4 is 5.78 Å². The van der Waals surface area contributed by atoms with Gasteiger partial charge in [0.2, 0.25) is 5.78 Å². The van der Waals surface area contributed by atoms with Crippen LogP contribution in [-0.4, -0.2) is 10.8 Å². The van der Waals surface area contributed by atoms with Crippen LogP contribution < -0.4 is 0 Å². The number of carbonyl (C=O) groups is 1. The van der Waals surface area contributed by atoms with Gasteiger partial charge in [-0.2, -0.15) is 0 Å². The molecular formula is C11H8FNO2. The van der Waals surface area contributed by atoms with Crippen molar-refractivity contribution in [2.75, 3.05) is 0 Å². The zero-order valence-electron chi connectivity index (χ0n) is 8.03. The molecule has 0 unspecified atom stereocenters. The van der Waals surface area contributed by atoms with E-state index in [-0.39, 0.29) is 11.3 Å². The van der Waals surface area contributed by atoms with Crippen molar-refractivity contribution < 1.29 is 13.6 Å². The minimum Gasteiger partial charge on any atom is -0.458 e. The van der Waals surface area contributed by atoms with E-state index in [1.807, 2.05) is 0 Å². The average Bonchev–Trinajstić information content (AvgIpc) is 2.65. The Bertz CT molecular complexity index is 505. The second-order valence-corrected chi connectivity index (χ2v) is 3.09. The number of rotatable bonds is 2. The Morgan fingerprint density at radius 3 is 2.80 bits per heavy atom. The fourth-order valence-corrected chi connectivity index (χ4v) is 1.25. The second kappa shape index (κ2) is 3.65. The van der Waals surface area contributed by atoms with Gasteiger partial charge < -0.3 is 4.42 Å². The van der Waals surface area contributed by atoms with Gasteiger partial charge in [0, 0.05) is 6.20 Å². The number of hydrogen-bond donors (Lipinski definition) is 0. The number of nitrogens with zero attached hydrogens (tertiary/aromatic N) is 1. The zero-order chi connectivity index (χ0) is 10.8. The molecule has 0 atom stereocenters. The molecule has 2 heterocycles. The molecule has 2 aromatic heterocycles. The molecule has 76 valence electrons. The standard InChI is InChI=1S/C11H8FNO2/c1-7-2-3-10(15-7)11(14)8-4-5-13-6-9(8)12/h2-6H,1H3. The predicted molar refractivity (Wildman–Crippen MR) is 51.1 cm³/mol. The molecule has 4 heteroatoms. The molecule has 3 nitrogen and oxygen atoms in total. The highest BCUT2D eigenvalue weighted by molar-refractivity contribution is 6.07. The van der Waals surface area contributed by atoms with E-state index in [9.17, 15) is 9.18 Å². The maximum absolute atomic E-state index is 13.2. The van der Waals surface area contributed by atoms with E-state index in [1.54, 1.807) is 13.0 Å². The van der Waals surface area contributed by atoms with Gasteiger partial charge in [0.15, 0.2) is 11.6 Å². The average molecular weight is 205 g/mol. The molecule has 0 bridgehead atoms. The van der Waals surface area contributed by atoms with Gasteiger partial charge in [-0.15, -0.1) is 0 Å². The number of halogens is 1. The van der Waals surface area contributed by atoms with Crippen molar-refractivity contribution in [3.8, 4) is 0 Å². The summed E-state index contributed by atoms with van der Waals surface area (Å²) in [6.45, 7) is 1.72. The first-order chi connectivity index (χ1) is 7.18. The number of furan rings is 1. The smallest absolute Gasteiger partial charge is 0.231 e. The molecule has 0 aliphatic heterocycles. The molecular weight excluding hydrogens is 197 g/mol. The Morgan fingerprint density at radius 2 is 2.20 bits per heavy atom. The van der Waals surface area contributed by atoms with Crippen LogP contribution in [0.4, 0.5) is 4.39 Å². The molecule has 0 saturated carbocycles. The Balaban J connectivity index is 2.41. The van der Waals surface area contributed by atoms with Gasteiger partial charge in [0.05, 0.1) is 11.8 Å². The van der Waals surface area contributed by atoms with E-state index in [4.69, 9.17) is 4.42 Å². The summed E-state index contributed by atoms with van der Waals surface area (Å²) in [6, 6.07) is 4.51. The van der Waals surface area contributed by atoms with Crippen molar-refractivity contribution in [1.82, 2.24) is 4.98 Å². The van der Waals surface area contributed by atoms with E-state index in [0.29, 0.717) is 5.76 Å². The molecule has 0 aliphatic carbocycles. The number of pyridine rings is 1. The Hall–Kier alpha value is -1.97. The van der Waals surface area contributed by atoms with E-state index in [0.717, 1.165) is 6.20 Å². The lowest BCUT2D eigenvalue weighted by molar-refractivity contribution is 0.100. The monoisotopic (exact) mass is 205 g/mol. The summed E-state index contributed by atoms with van der Waals surface area (Å²) in [5.74, 6) is -0.357. The Labute approximate surface area is 85.6 Å². The molecule has 0 aliphatic rings. The lowest BCUT2D eigenvalue weighted by atomic mass is 10.1. The summed E-state index contributed by atoms with van der Waals surface area (Å²) in [5, 5.41) is 0. The molecule has 0 amide bonds. The van der Waals surface area contributed by atoms with Gasteiger partial charge in [-0.3, -0.25) is 9.78 Å². The highest BCUT2D eigenvalue weighted by Gasteiger charge is 2.16. The molecule has 15 heavy (non-hydrogen) atoms. The lowest BCUT2D eigenvalue weighted by Crippen LogP contribution is -2.03. The maximum atomic E-state index is 13.2. The third kappa shape index (κ3) is 1.79. The fraction of sp³-hybridized carbons (Fsp3) is 0.0909. The summed E-state index contributed by atoms with van der Waals surface area (Å²) in [7, 11) is 0. The van der Waals surface area contributed by atoms with Crippen molar-refractivity contribution in [1.29, 1.82) is 0 Å². The third-order valence-electron chi connectivity index (χ3n) is 1.98. The predicted octanol–water partition coefficient (Wildman–Crippen LogP) is 2.35. The van der Waals surface area contributed by atoms with Crippen LogP contribution in [0.5, 0.6) is 0 Å². The van der Waals surface area contributed by atoms with Gasteiger partial charge in [0.25, 0.3) is 0 Å². The van der Waals surface area contributed by atoms with Crippen molar-refractivity contribution in [2.24, 2.45) is 0 Å². The quantitative estimate of drug-likeness (QED) is 0.707. The summed E-state index contributed by atoms with van der Waals surface area (Å²) < 4.78 is 18.3. The number of aromatic nitrogens is 1. The largest absolute Gasteiger partial charge is 0.458 e. The number of aryl methyl sites for hydroxylation is 1.